The molecule has 0 aliphatic rings. The van der Waals surface area contributed by atoms with E-state index in [4.69, 9.17) is 0 Å². The van der Waals surface area contributed by atoms with Crippen molar-refractivity contribution in [2.75, 3.05) is 0 Å². The topological polar surface area (TPSA) is 0 Å². The minimum atomic E-state index is 0. The fourth-order valence-corrected chi connectivity index (χ4v) is 0. The zero-order chi connectivity index (χ0) is 2.71. The molecule has 0 atom stereocenters. The summed E-state index contributed by atoms with van der Waals surface area (Å²) in [5, 5.41) is 0. The van der Waals surface area contributed by atoms with Crippen LogP contribution in [0.2, 0.25) is 0 Å². The predicted octanol–water partition coefficient (Wildman–Crippen LogP) is -6.45. The Labute approximate surface area is 81.1 Å². The van der Waals surface area contributed by atoms with Crippen molar-refractivity contribution in [3.8, 4) is 0 Å². The summed E-state index contributed by atoms with van der Waals surface area (Å²) in [5.41, 5.74) is 0. The molecule has 1 radical (unpaired) electrons. The zero-order valence-electron chi connectivity index (χ0n) is 3.46. The minimum Gasteiger partial charge on any atom is -1.00 e. The van der Waals surface area contributed by atoms with Crippen LogP contribution >= 0.6 is 0 Å². The van der Waals surface area contributed by atoms with Gasteiger partial charge in [0.05, 0.1) is 0 Å². The van der Waals surface area contributed by atoms with Crippen LogP contribution in [-0.4, -0.2) is 11.0 Å². The fraction of sp³-hybridized carbons (Fsp3) is 0.333. The van der Waals surface area contributed by atoms with Crippen molar-refractivity contribution < 1.29 is 51.0 Å². The second kappa shape index (κ2) is 52.2. The Morgan fingerprint density at radius 3 is 1.29 bits per heavy atom. The molecule has 4 heteroatoms. The molecule has 0 amide bonds. The molecule has 0 aromatic rings. The molecule has 7 heavy (non-hydrogen) atoms. The smallest absolute Gasteiger partial charge is 1.00 e. The molecule has 0 unspecified atom stereocenters. The van der Waals surface area contributed by atoms with Gasteiger partial charge in [0.2, 0.25) is 0 Å². The molecule has 0 saturated carbocycles. The summed E-state index contributed by atoms with van der Waals surface area (Å²) >= 11 is 0. The van der Waals surface area contributed by atoms with Crippen molar-refractivity contribution in [1.29, 1.82) is 0 Å². The van der Waals surface area contributed by atoms with E-state index in [2.05, 4.69) is 12.7 Å². The molecule has 0 N–H and O–H groups in total. The Bertz CT molecular complexity index is 20.4. The van der Waals surface area contributed by atoms with E-state index in [-0.39, 0.29) is 62.0 Å². The van der Waals surface area contributed by atoms with E-state index in [1.165, 1.54) is 0 Å². The molecule has 0 nitrogen and oxygen atoms in total. The van der Waals surface area contributed by atoms with E-state index in [0.29, 0.717) is 0 Å². The van der Waals surface area contributed by atoms with Gasteiger partial charge in [-0.2, -0.15) is 6.92 Å². The first-order valence-electron chi connectivity index (χ1n) is 0.854. The number of hydrogen-bond acceptors (Lipinski definition) is 0. The van der Waals surface area contributed by atoms with Gasteiger partial charge in [0.1, 0.15) is 0 Å². The third-order valence-electron chi connectivity index (χ3n) is 0. The SMILES string of the molecule is C=[C-]C.[Cl-].[Cl-].[SiH4].[Zr+3]. The molecule has 0 aliphatic carbocycles. The Morgan fingerprint density at radius 2 is 1.29 bits per heavy atom. The summed E-state index contributed by atoms with van der Waals surface area (Å²) in [6.07, 6.45) is 2.50. The van der Waals surface area contributed by atoms with E-state index in [9.17, 15) is 0 Å². The van der Waals surface area contributed by atoms with E-state index in [1.807, 2.05) is 0 Å². The van der Waals surface area contributed by atoms with E-state index < -0.39 is 0 Å². The molecule has 0 aliphatic heterocycles. The van der Waals surface area contributed by atoms with Gasteiger partial charge in [0.15, 0.2) is 0 Å². The molecule has 0 aromatic carbocycles. The van der Waals surface area contributed by atoms with Gasteiger partial charge >= 0.3 is 26.2 Å². The van der Waals surface area contributed by atoms with Crippen LogP contribution in [0.4, 0.5) is 0 Å². The van der Waals surface area contributed by atoms with Crippen molar-refractivity contribution in [3.05, 3.63) is 12.7 Å². The van der Waals surface area contributed by atoms with Crippen LogP contribution in [0.15, 0.2) is 6.58 Å². The zero-order valence-corrected chi connectivity index (χ0v) is 7.43. The first kappa shape index (κ1) is 39.6. The van der Waals surface area contributed by atoms with E-state index in [0.717, 1.165) is 0 Å². The van der Waals surface area contributed by atoms with Crippen LogP contribution in [0.1, 0.15) is 6.92 Å². The average molecular weight is 235 g/mol. The van der Waals surface area contributed by atoms with Gasteiger partial charge in [-0.15, -0.1) is 0 Å². The van der Waals surface area contributed by atoms with Crippen LogP contribution in [0.25, 0.3) is 0 Å². The molecule has 0 spiro atoms. The normalized spacial score (nSPS) is 1.86. The van der Waals surface area contributed by atoms with Crippen molar-refractivity contribution in [2.45, 2.75) is 6.92 Å². The van der Waals surface area contributed by atoms with Gasteiger partial charge in [-0.1, -0.05) is 0 Å². The van der Waals surface area contributed by atoms with Gasteiger partial charge in [-0.25, -0.2) is 0 Å². The summed E-state index contributed by atoms with van der Waals surface area (Å²) < 4.78 is 0. The van der Waals surface area contributed by atoms with Crippen molar-refractivity contribution in [1.82, 2.24) is 0 Å². The molecular formula is C3H9Cl2SiZr. The van der Waals surface area contributed by atoms with Crippen molar-refractivity contribution in [2.24, 2.45) is 0 Å². The number of rotatable bonds is 0. The molecule has 0 rings (SSSR count). The first-order valence-corrected chi connectivity index (χ1v) is 0.854. The maximum absolute atomic E-state index is 3.24. The number of hydrogen-bond donors (Lipinski definition) is 0. The summed E-state index contributed by atoms with van der Waals surface area (Å²) in [6, 6.07) is 0. The minimum absolute atomic E-state index is 0. The van der Waals surface area contributed by atoms with Crippen molar-refractivity contribution >= 4 is 11.0 Å². The van der Waals surface area contributed by atoms with Crippen LogP contribution in [0.3, 0.4) is 0 Å². The number of halogens is 2. The van der Waals surface area contributed by atoms with Crippen LogP contribution < -0.4 is 24.8 Å². The predicted molar refractivity (Wildman–Crippen MR) is 25.9 cm³/mol. The van der Waals surface area contributed by atoms with E-state index in [1.54, 1.807) is 6.92 Å². The first-order chi connectivity index (χ1) is 1.41. The summed E-state index contributed by atoms with van der Waals surface area (Å²) in [5.74, 6) is 0. The maximum atomic E-state index is 3.24. The fourth-order valence-electron chi connectivity index (χ4n) is 0. The maximum Gasteiger partial charge on any atom is 3.00 e. The molecule has 0 aromatic heterocycles. The van der Waals surface area contributed by atoms with Gasteiger partial charge in [-0.3, -0.25) is 6.58 Å². The summed E-state index contributed by atoms with van der Waals surface area (Å²) in [4.78, 5) is 0. The monoisotopic (exact) mass is 233 g/mol. The second-order valence-electron chi connectivity index (χ2n) is 0.354. The number of allylic oxidation sites excluding steroid dienone is 1. The molecule has 0 fully saturated rings. The Kier molecular flexibility index (Phi) is 296. The second-order valence-corrected chi connectivity index (χ2v) is 0.354. The quantitative estimate of drug-likeness (QED) is 0.289. The van der Waals surface area contributed by atoms with Gasteiger partial charge < -0.3 is 30.9 Å². The third kappa shape index (κ3) is 108. The van der Waals surface area contributed by atoms with Crippen molar-refractivity contribution in [3.63, 3.8) is 0 Å². The van der Waals surface area contributed by atoms with Crippen LogP contribution in [-0.2, 0) is 26.2 Å². The molecule has 0 heterocycles. The Balaban J connectivity index is -0.00000000333. The molecule has 0 bridgehead atoms. The van der Waals surface area contributed by atoms with Crippen LogP contribution in [0, 0.1) is 6.08 Å². The largest absolute Gasteiger partial charge is 3.00 e. The molecule has 0 saturated heterocycles. The summed E-state index contributed by atoms with van der Waals surface area (Å²) in [7, 11) is 0. The standard InChI is InChI=1S/C3H5.2ClH.H4Si.Zr/c1-3-2;;;;/h1H2,2H3;2*1H;1H4;/q-1;;;;+3/p-2. The molecule has 43 valence electrons. The van der Waals surface area contributed by atoms with Gasteiger partial charge in [0, 0.05) is 0 Å². The molecular weight excluding hydrogens is 226 g/mol. The third-order valence-corrected chi connectivity index (χ3v) is 0. The van der Waals surface area contributed by atoms with Gasteiger partial charge in [-0.05, 0) is 11.0 Å². The Hall–Kier alpha value is 1.42. The Morgan fingerprint density at radius 1 is 1.29 bits per heavy atom. The average Bonchev–Trinajstić information content (AvgIpc) is 0.918. The summed E-state index contributed by atoms with van der Waals surface area (Å²) in [6.45, 7) is 5.00. The van der Waals surface area contributed by atoms with E-state index >= 15 is 0 Å². The van der Waals surface area contributed by atoms with Gasteiger partial charge in [0.25, 0.3) is 0 Å². The van der Waals surface area contributed by atoms with Crippen LogP contribution in [0.5, 0.6) is 0 Å².